The van der Waals surface area contributed by atoms with Crippen molar-refractivity contribution in [3.05, 3.63) is 58.2 Å². The highest BCUT2D eigenvalue weighted by Gasteiger charge is 2.28. The van der Waals surface area contributed by atoms with Gasteiger partial charge >= 0.3 is 5.97 Å². The fourth-order valence-electron chi connectivity index (χ4n) is 3.74. The minimum atomic E-state index is -3.90. The summed E-state index contributed by atoms with van der Waals surface area (Å²) >= 11 is 1.58. The number of benzene rings is 1. The van der Waals surface area contributed by atoms with E-state index in [9.17, 15) is 13.2 Å². The normalized spacial score (nSPS) is 12.0. The number of thiophene rings is 1. The summed E-state index contributed by atoms with van der Waals surface area (Å²) in [6.45, 7) is 3.39. The highest BCUT2D eigenvalue weighted by atomic mass is 32.2. The molecule has 4 rings (SSSR count). The number of hydrogen-bond acceptors (Lipinski definition) is 5. The first kappa shape index (κ1) is 20.4. The smallest absolute Gasteiger partial charge is 0.303 e. The van der Waals surface area contributed by atoms with Crippen LogP contribution in [0.4, 0.5) is 0 Å². The van der Waals surface area contributed by atoms with E-state index in [2.05, 4.69) is 5.10 Å². The van der Waals surface area contributed by atoms with Gasteiger partial charge in [0.1, 0.15) is 4.90 Å². The van der Waals surface area contributed by atoms with Crippen molar-refractivity contribution in [2.45, 2.75) is 31.6 Å². The molecule has 9 heteroatoms. The SMILES string of the molecule is Cc1nn(C)c(C)c1S(=O)(=O)n1cc(CCC(=O)O)c2cc(-c3ccsc3)ccc21. The molecular weight excluding hydrogens is 422 g/mol. The summed E-state index contributed by atoms with van der Waals surface area (Å²) in [6.07, 6.45) is 1.71. The Morgan fingerprint density at radius 2 is 1.97 bits per heavy atom. The van der Waals surface area contributed by atoms with Crippen molar-refractivity contribution in [3.8, 4) is 11.1 Å². The second-order valence-electron chi connectivity index (χ2n) is 7.22. The number of aliphatic carboxylic acids is 1. The number of fused-ring (bicyclic) bond motifs is 1. The van der Waals surface area contributed by atoms with Crippen molar-refractivity contribution in [1.82, 2.24) is 13.8 Å². The molecule has 0 amide bonds. The van der Waals surface area contributed by atoms with Crippen molar-refractivity contribution >= 4 is 38.2 Å². The number of rotatable bonds is 6. The Hall–Kier alpha value is -2.91. The molecule has 0 radical (unpaired) electrons. The molecular formula is C21H21N3O4S2. The quantitative estimate of drug-likeness (QED) is 0.487. The van der Waals surface area contributed by atoms with Crippen LogP contribution < -0.4 is 0 Å². The molecule has 3 aromatic heterocycles. The van der Waals surface area contributed by atoms with Crippen LogP contribution in [-0.4, -0.2) is 33.2 Å². The minimum absolute atomic E-state index is 0.0766. The molecule has 1 aromatic carbocycles. The molecule has 0 aliphatic carbocycles. The standard InChI is InChI=1S/C21H21N3O4S2/c1-13-21(14(2)23(3)22-13)30(27,28)24-11-16(5-7-20(25)26)18-10-15(4-6-19(18)24)17-8-9-29-12-17/h4,6,8-12H,5,7H2,1-3H3,(H,25,26). The molecule has 0 atom stereocenters. The third-order valence-corrected chi connectivity index (χ3v) is 7.89. The summed E-state index contributed by atoms with van der Waals surface area (Å²) in [5.74, 6) is -0.924. The molecule has 0 aliphatic rings. The van der Waals surface area contributed by atoms with Crippen LogP contribution in [0.15, 0.2) is 46.1 Å². The van der Waals surface area contributed by atoms with Crippen LogP contribution in [0.5, 0.6) is 0 Å². The monoisotopic (exact) mass is 443 g/mol. The fourth-order valence-corrected chi connectivity index (χ4v) is 6.21. The summed E-state index contributed by atoms with van der Waals surface area (Å²) in [4.78, 5) is 11.3. The van der Waals surface area contributed by atoms with Crippen LogP contribution in [0.2, 0.25) is 0 Å². The maximum Gasteiger partial charge on any atom is 0.303 e. The zero-order chi connectivity index (χ0) is 21.6. The van der Waals surface area contributed by atoms with Crippen molar-refractivity contribution in [1.29, 1.82) is 0 Å². The van der Waals surface area contributed by atoms with Gasteiger partial charge in [0.25, 0.3) is 10.0 Å². The van der Waals surface area contributed by atoms with Gasteiger partial charge in [-0.3, -0.25) is 9.48 Å². The Morgan fingerprint density at radius 3 is 2.57 bits per heavy atom. The van der Waals surface area contributed by atoms with Crippen LogP contribution in [0.25, 0.3) is 22.0 Å². The first-order valence-corrected chi connectivity index (χ1v) is 11.7. The van der Waals surface area contributed by atoms with E-state index in [1.54, 1.807) is 49.2 Å². The van der Waals surface area contributed by atoms with E-state index >= 15 is 0 Å². The topological polar surface area (TPSA) is 94.2 Å². The number of aryl methyl sites for hydroxylation is 3. The lowest BCUT2D eigenvalue weighted by Gasteiger charge is -2.08. The van der Waals surface area contributed by atoms with E-state index in [0.29, 0.717) is 22.5 Å². The summed E-state index contributed by atoms with van der Waals surface area (Å²) in [5.41, 5.74) is 4.20. The average Bonchev–Trinajstić information content (AvgIpc) is 3.39. The van der Waals surface area contributed by atoms with Gasteiger partial charge in [0.2, 0.25) is 0 Å². The first-order valence-electron chi connectivity index (χ1n) is 9.34. The van der Waals surface area contributed by atoms with Crippen LogP contribution in [-0.2, 0) is 28.3 Å². The van der Waals surface area contributed by atoms with Gasteiger partial charge in [0.05, 0.1) is 16.9 Å². The molecule has 0 saturated heterocycles. The van der Waals surface area contributed by atoms with Gasteiger partial charge in [0.15, 0.2) is 0 Å². The molecule has 7 nitrogen and oxygen atoms in total. The lowest BCUT2D eigenvalue weighted by molar-refractivity contribution is -0.136. The van der Waals surface area contributed by atoms with Crippen molar-refractivity contribution in [3.63, 3.8) is 0 Å². The van der Waals surface area contributed by atoms with Crippen molar-refractivity contribution < 1.29 is 18.3 Å². The zero-order valence-corrected chi connectivity index (χ0v) is 18.4. The zero-order valence-electron chi connectivity index (χ0n) is 16.8. The van der Waals surface area contributed by atoms with E-state index in [1.165, 1.54) is 3.97 Å². The van der Waals surface area contributed by atoms with E-state index in [-0.39, 0.29) is 17.7 Å². The Bertz CT molecular complexity index is 1360. The van der Waals surface area contributed by atoms with Gasteiger partial charge < -0.3 is 5.11 Å². The van der Waals surface area contributed by atoms with Gasteiger partial charge in [-0.15, -0.1) is 0 Å². The van der Waals surface area contributed by atoms with E-state index < -0.39 is 16.0 Å². The predicted molar refractivity (Wildman–Crippen MR) is 116 cm³/mol. The molecule has 30 heavy (non-hydrogen) atoms. The summed E-state index contributed by atoms with van der Waals surface area (Å²) in [5, 5.41) is 18.1. The Morgan fingerprint density at radius 1 is 1.20 bits per heavy atom. The fraction of sp³-hybridized carbons (Fsp3) is 0.238. The molecule has 156 valence electrons. The van der Waals surface area contributed by atoms with Crippen LogP contribution >= 0.6 is 11.3 Å². The first-order chi connectivity index (χ1) is 14.2. The lowest BCUT2D eigenvalue weighted by atomic mass is 10.0. The second kappa shape index (κ2) is 7.41. The number of carboxylic acid groups (broad SMARTS) is 1. The van der Waals surface area contributed by atoms with Gasteiger partial charge in [-0.05, 0) is 65.9 Å². The highest BCUT2D eigenvalue weighted by molar-refractivity contribution is 7.90. The van der Waals surface area contributed by atoms with Gasteiger partial charge in [0, 0.05) is 25.1 Å². The summed E-state index contributed by atoms with van der Waals surface area (Å²) < 4.78 is 29.9. The van der Waals surface area contributed by atoms with Gasteiger partial charge in [-0.2, -0.15) is 16.4 Å². The van der Waals surface area contributed by atoms with Gasteiger partial charge in [-0.1, -0.05) is 6.07 Å². The second-order valence-corrected chi connectivity index (χ2v) is 9.75. The highest BCUT2D eigenvalue weighted by Crippen LogP contribution is 2.33. The number of hydrogen-bond donors (Lipinski definition) is 1. The Labute approximate surface area is 178 Å². The average molecular weight is 444 g/mol. The number of carbonyl (C=O) groups is 1. The van der Waals surface area contributed by atoms with Crippen LogP contribution in [0.1, 0.15) is 23.4 Å². The Kier molecular flexibility index (Phi) is 5.03. The third kappa shape index (κ3) is 3.33. The van der Waals surface area contributed by atoms with Gasteiger partial charge in [-0.25, -0.2) is 12.4 Å². The predicted octanol–water partition coefficient (Wildman–Crippen LogP) is 3.97. The molecule has 0 bridgehead atoms. The molecule has 4 aromatic rings. The number of carboxylic acids is 1. The largest absolute Gasteiger partial charge is 0.481 e. The van der Waals surface area contributed by atoms with Crippen molar-refractivity contribution in [2.24, 2.45) is 7.05 Å². The summed E-state index contributed by atoms with van der Waals surface area (Å²) in [7, 11) is -2.19. The van der Waals surface area contributed by atoms with Crippen LogP contribution in [0.3, 0.4) is 0 Å². The lowest BCUT2D eigenvalue weighted by Crippen LogP contribution is -2.14. The number of aromatic nitrogens is 3. The minimum Gasteiger partial charge on any atom is -0.481 e. The maximum absolute atomic E-state index is 13.6. The molecule has 0 saturated carbocycles. The van der Waals surface area contributed by atoms with E-state index in [4.69, 9.17) is 5.11 Å². The molecule has 0 unspecified atom stereocenters. The Balaban J connectivity index is 1.94. The molecule has 0 aliphatic heterocycles. The molecule has 1 N–H and O–H groups in total. The third-order valence-electron chi connectivity index (χ3n) is 5.28. The van der Waals surface area contributed by atoms with Crippen LogP contribution in [0, 0.1) is 13.8 Å². The summed E-state index contributed by atoms with van der Waals surface area (Å²) in [6, 6.07) is 7.61. The molecule has 0 spiro atoms. The van der Waals surface area contributed by atoms with E-state index in [1.807, 2.05) is 29.0 Å². The maximum atomic E-state index is 13.6. The molecule has 3 heterocycles. The van der Waals surface area contributed by atoms with Crippen molar-refractivity contribution in [2.75, 3.05) is 0 Å². The molecule has 0 fully saturated rings. The number of nitrogens with zero attached hydrogens (tertiary/aromatic N) is 3. The van der Waals surface area contributed by atoms with E-state index in [0.717, 1.165) is 16.5 Å².